The summed E-state index contributed by atoms with van der Waals surface area (Å²) in [5.41, 5.74) is -1.58. The van der Waals surface area contributed by atoms with Crippen molar-refractivity contribution in [2.75, 3.05) is 18.5 Å². The number of benzene rings is 1. The maximum absolute atomic E-state index is 13.2. The van der Waals surface area contributed by atoms with E-state index in [0.717, 1.165) is 6.07 Å². The van der Waals surface area contributed by atoms with Gasteiger partial charge in [-0.05, 0) is 12.1 Å². The van der Waals surface area contributed by atoms with Crippen LogP contribution in [0.15, 0.2) is 18.2 Å². The van der Waals surface area contributed by atoms with Gasteiger partial charge in [0.05, 0.1) is 17.9 Å². The molecule has 0 unspecified atom stereocenters. The lowest BCUT2D eigenvalue weighted by Gasteiger charge is -2.11. The Kier molecular flexibility index (Phi) is 3.52. The average Bonchev–Trinajstić information content (AvgIpc) is 2.14. The Bertz CT molecular complexity index is 337. The van der Waals surface area contributed by atoms with Gasteiger partial charge in [-0.1, -0.05) is 6.07 Å². The van der Waals surface area contributed by atoms with Crippen molar-refractivity contribution in [3.8, 4) is 0 Å². The minimum Gasteiger partial charge on any atom is -0.395 e. The zero-order valence-corrected chi connectivity index (χ0v) is 7.61. The van der Waals surface area contributed by atoms with Crippen LogP contribution in [0.4, 0.5) is 23.2 Å². The summed E-state index contributed by atoms with van der Waals surface area (Å²) in [6, 6.07) is 2.95. The quantitative estimate of drug-likeness (QED) is 0.770. The zero-order valence-electron chi connectivity index (χ0n) is 7.61. The second-order valence-corrected chi connectivity index (χ2v) is 2.82. The summed E-state index contributed by atoms with van der Waals surface area (Å²) < 4.78 is 49.9. The molecule has 0 heterocycles. The lowest BCUT2D eigenvalue weighted by molar-refractivity contribution is -0.139. The lowest BCUT2D eigenvalue weighted by Crippen LogP contribution is -2.12. The summed E-state index contributed by atoms with van der Waals surface area (Å²) in [6.45, 7) is -0.284. The van der Waals surface area contributed by atoms with Crippen LogP contribution in [-0.4, -0.2) is 18.3 Å². The third-order valence-corrected chi connectivity index (χ3v) is 1.73. The fourth-order valence-corrected chi connectivity index (χ4v) is 1.08. The first-order valence-corrected chi connectivity index (χ1v) is 4.17. The van der Waals surface area contributed by atoms with Crippen LogP contribution >= 0.6 is 0 Å². The van der Waals surface area contributed by atoms with E-state index < -0.39 is 17.6 Å². The monoisotopic (exact) mass is 223 g/mol. The van der Waals surface area contributed by atoms with E-state index in [-0.39, 0.29) is 18.8 Å². The molecule has 0 aromatic heterocycles. The van der Waals surface area contributed by atoms with Crippen LogP contribution in [0.2, 0.25) is 0 Å². The third-order valence-electron chi connectivity index (χ3n) is 1.73. The standard InChI is InChI=1S/C9H9F4NO/c10-8-6(9(11,12)13)2-1-3-7(8)14-4-5-15/h1-3,14-15H,4-5H2. The van der Waals surface area contributed by atoms with Crippen molar-refractivity contribution in [3.63, 3.8) is 0 Å². The maximum Gasteiger partial charge on any atom is 0.419 e. The molecule has 1 aromatic rings. The van der Waals surface area contributed by atoms with Crippen LogP contribution in [-0.2, 0) is 6.18 Å². The fraction of sp³-hybridized carbons (Fsp3) is 0.333. The SMILES string of the molecule is OCCNc1cccc(C(F)(F)F)c1F. The molecule has 0 amide bonds. The Labute approximate surface area is 83.5 Å². The summed E-state index contributed by atoms with van der Waals surface area (Å²) in [6.07, 6.45) is -4.71. The molecule has 0 atom stereocenters. The first-order chi connectivity index (χ1) is 6.96. The largest absolute Gasteiger partial charge is 0.419 e. The summed E-state index contributed by atoms with van der Waals surface area (Å²) in [5.74, 6) is -1.35. The maximum atomic E-state index is 13.2. The number of alkyl halides is 3. The van der Waals surface area contributed by atoms with E-state index in [2.05, 4.69) is 5.32 Å². The predicted octanol–water partition coefficient (Wildman–Crippen LogP) is 2.25. The zero-order chi connectivity index (χ0) is 11.5. The van der Waals surface area contributed by atoms with Gasteiger partial charge in [0.25, 0.3) is 0 Å². The molecule has 0 saturated carbocycles. The second kappa shape index (κ2) is 4.48. The smallest absolute Gasteiger partial charge is 0.395 e. The Morgan fingerprint density at radius 3 is 2.47 bits per heavy atom. The minimum atomic E-state index is -4.71. The van der Waals surface area contributed by atoms with E-state index in [1.54, 1.807) is 0 Å². The lowest BCUT2D eigenvalue weighted by atomic mass is 10.2. The topological polar surface area (TPSA) is 32.3 Å². The van der Waals surface area contributed by atoms with Crippen molar-refractivity contribution in [2.45, 2.75) is 6.18 Å². The number of hydrogen-bond acceptors (Lipinski definition) is 2. The molecule has 0 bridgehead atoms. The molecule has 0 spiro atoms. The van der Waals surface area contributed by atoms with Gasteiger partial charge in [0, 0.05) is 6.54 Å². The Balaban J connectivity index is 3.01. The number of nitrogens with one attached hydrogen (secondary N) is 1. The van der Waals surface area contributed by atoms with E-state index in [9.17, 15) is 17.6 Å². The van der Waals surface area contributed by atoms with Gasteiger partial charge in [0.2, 0.25) is 0 Å². The molecule has 0 aliphatic carbocycles. The Morgan fingerprint density at radius 1 is 1.27 bits per heavy atom. The van der Waals surface area contributed by atoms with Crippen LogP contribution < -0.4 is 5.32 Å². The van der Waals surface area contributed by atoms with Crippen LogP contribution in [0.5, 0.6) is 0 Å². The Morgan fingerprint density at radius 2 is 1.93 bits per heavy atom. The molecule has 6 heteroatoms. The number of hydrogen-bond donors (Lipinski definition) is 2. The van der Waals surface area contributed by atoms with Gasteiger partial charge in [-0.3, -0.25) is 0 Å². The van der Waals surface area contributed by atoms with Crippen molar-refractivity contribution in [1.82, 2.24) is 0 Å². The molecule has 84 valence electrons. The highest BCUT2D eigenvalue weighted by Gasteiger charge is 2.34. The molecule has 0 fully saturated rings. The molecule has 0 aliphatic heterocycles. The molecule has 0 saturated heterocycles. The van der Waals surface area contributed by atoms with Crippen LogP contribution in [0.3, 0.4) is 0 Å². The van der Waals surface area contributed by atoms with Gasteiger partial charge in [-0.2, -0.15) is 13.2 Å². The molecule has 1 rings (SSSR count). The molecular formula is C9H9F4NO. The number of anilines is 1. The van der Waals surface area contributed by atoms with Crippen molar-refractivity contribution in [3.05, 3.63) is 29.6 Å². The van der Waals surface area contributed by atoms with Crippen LogP contribution in [0.25, 0.3) is 0 Å². The molecule has 15 heavy (non-hydrogen) atoms. The van der Waals surface area contributed by atoms with Gasteiger partial charge in [-0.25, -0.2) is 4.39 Å². The normalized spacial score (nSPS) is 11.5. The van der Waals surface area contributed by atoms with Gasteiger partial charge < -0.3 is 10.4 Å². The van der Waals surface area contributed by atoms with E-state index in [1.807, 2.05) is 0 Å². The van der Waals surface area contributed by atoms with Gasteiger partial charge in [0.15, 0.2) is 5.82 Å². The molecule has 0 radical (unpaired) electrons. The summed E-state index contributed by atoms with van der Waals surface area (Å²) >= 11 is 0. The molecule has 2 nitrogen and oxygen atoms in total. The summed E-state index contributed by atoms with van der Waals surface area (Å²) in [5, 5.41) is 10.8. The second-order valence-electron chi connectivity index (χ2n) is 2.82. The fourth-order valence-electron chi connectivity index (χ4n) is 1.08. The number of aliphatic hydroxyl groups excluding tert-OH is 1. The highest BCUT2D eigenvalue weighted by molar-refractivity contribution is 5.48. The average molecular weight is 223 g/mol. The summed E-state index contributed by atoms with van der Waals surface area (Å²) in [7, 11) is 0. The van der Waals surface area contributed by atoms with Gasteiger partial charge in [0.1, 0.15) is 0 Å². The van der Waals surface area contributed by atoms with Crippen molar-refractivity contribution in [1.29, 1.82) is 0 Å². The number of rotatable bonds is 3. The highest BCUT2D eigenvalue weighted by Crippen LogP contribution is 2.33. The Hall–Kier alpha value is -1.30. The molecular weight excluding hydrogens is 214 g/mol. The van der Waals surface area contributed by atoms with E-state index >= 15 is 0 Å². The van der Waals surface area contributed by atoms with Crippen molar-refractivity contribution >= 4 is 5.69 Å². The van der Waals surface area contributed by atoms with E-state index in [1.165, 1.54) is 6.07 Å². The van der Waals surface area contributed by atoms with E-state index in [4.69, 9.17) is 5.11 Å². The van der Waals surface area contributed by atoms with Crippen LogP contribution in [0, 0.1) is 5.82 Å². The molecule has 2 N–H and O–H groups in total. The third kappa shape index (κ3) is 2.82. The minimum absolute atomic E-state index is 0.00176. The molecule has 0 aliphatic rings. The van der Waals surface area contributed by atoms with Crippen molar-refractivity contribution in [2.24, 2.45) is 0 Å². The summed E-state index contributed by atoms with van der Waals surface area (Å²) in [4.78, 5) is 0. The number of aliphatic hydroxyl groups is 1. The van der Waals surface area contributed by atoms with Gasteiger partial charge in [-0.15, -0.1) is 0 Å². The van der Waals surface area contributed by atoms with E-state index in [0.29, 0.717) is 6.07 Å². The predicted molar refractivity (Wildman–Crippen MR) is 47.0 cm³/mol. The van der Waals surface area contributed by atoms with Crippen LogP contribution in [0.1, 0.15) is 5.56 Å². The first kappa shape index (κ1) is 11.8. The van der Waals surface area contributed by atoms with Gasteiger partial charge >= 0.3 is 6.18 Å². The molecule has 1 aromatic carbocycles. The number of halogens is 4. The van der Waals surface area contributed by atoms with Crippen molar-refractivity contribution < 1.29 is 22.7 Å². The highest BCUT2D eigenvalue weighted by atomic mass is 19.4. The first-order valence-electron chi connectivity index (χ1n) is 4.17.